The van der Waals surface area contributed by atoms with Gasteiger partial charge in [0.05, 0.1) is 11.1 Å². The number of carbonyl (C=O) groups is 2. The Morgan fingerprint density at radius 2 is 2.09 bits per heavy atom. The van der Waals surface area contributed by atoms with Crippen LogP contribution in [0.25, 0.3) is 10.9 Å². The molecule has 0 atom stereocenters. The fourth-order valence-electron chi connectivity index (χ4n) is 1.90. The highest BCUT2D eigenvalue weighted by molar-refractivity contribution is 6.29. The van der Waals surface area contributed by atoms with E-state index in [1.54, 1.807) is 30.3 Å². The number of aromatic nitrogens is 1. The molecule has 0 unspecified atom stereocenters. The number of fused-ring (bicyclic) bond motifs is 1. The molecular weight excluding hydrogens is 304 g/mol. The lowest BCUT2D eigenvalue weighted by molar-refractivity contribution is -0.124. The minimum absolute atomic E-state index is 0.278. The molecule has 1 N–H and O–H groups in total. The van der Waals surface area contributed by atoms with Crippen molar-refractivity contribution in [2.75, 3.05) is 13.2 Å². The summed E-state index contributed by atoms with van der Waals surface area (Å²) in [5.41, 5.74) is 1.07. The summed E-state index contributed by atoms with van der Waals surface area (Å²) < 4.78 is 5.00. The van der Waals surface area contributed by atoms with Crippen molar-refractivity contribution in [3.05, 3.63) is 41.0 Å². The second-order valence-corrected chi connectivity index (χ2v) is 5.21. The number of benzene rings is 1. The van der Waals surface area contributed by atoms with Gasteiger partial charge in [-0.2, -0.15) is 0 Å². The number of rotatable bonds is 6. The summed E-state index contributed by atoms with van der Waals surface area (Å²) in [5, 5.41) is 3.86. The highest BCUT2D eigenvalue weighted by Gasteiger charge is 2.11. The lowest BCUT2D eigenvalue weighted by atomic mass is 10.1. The molecule has 0 aliphatic heterocycles. The van der Waals surface area contributed by atoms with E-state index in [0.717, 1.165) is 18.2 Å². The van der Waals surface area contributed by atoms with Gasteiger partial charge in [-0.1, -0.05) is 24.9 Å². The van der Waals surface area contributed by atoms with Crippen molar-refractivity contribution in [1.82, 2.24) is 10.3 Å². The molecule has 6 heteroatoms. The molecule has 22 heavy (non-hydrogen) atoms. The predicted molar refractivity (Wildman–Crippen MR) is 85.0 cm³/mol. The first-order valence-corrected chi connectivity index (χ1v) is 7.48. The van der Waals surface area contributed by atoms with Crippen molar-refractivity contribution in [3.8, 4) is 0 Å². The fraction of sp³-hybridized carbons (Fsp3) is 0.312. The Bertz CT molecular complexity index is 688. The number of ether oxygens (including phenoxy) is 1. The number of hydrogen-bond acceptors (Lipinski definition) is 4. The smallest absolute Gasteiger partial charge is 0.338 e. The number of nitrogens with one attached hydrogen (secondary N) is 1. The lowest BCUT2D eigenvalue weighted by Gasteiger charge is -2.06. The van der Waals surface area contributed by atoms with Gasteiger partial charge in [0.1, 0.15) is 5.15 Å². The first kappa shape index (κ1) is 16.2. The Morgan fingerprint density at radius 1 is 1.27 bits per heavy atom. The third-order valence-corrected chi connectivity index (χ3v) is 3.29. The van der Waals surface area contributed by atoms with E-state index < -0.39 is 5.97 Å². The van der Waals surface area contributed by atoms with Crippen LogP contribution in [0.15, 0.2) is 30.3 Å². The van der Waals surface area contributed by atoms with Crippen LogP contribution in [0.5, 0.6) is 0 Å². The van der Waals surface area contributed by atoms with Crippen molar-refractivity contribution in [2.45, 2.75) is 19.8 Å². The standard InChI is InChI=1S/C16H17ClN2O3/c1-2-3-8-18-15(20)10-22-16(21)12-4-6-13-11(9-12)5-7-14(17)19-13/h4-7,9H,2-3,8,10H2,1H3,(H,18,20). The van der Waals surface area contributed by atoms with Crippen LogP contribution < -0.4 is 5.32 Å². The van der Waals surface area contributed by atoms with Crippen LogP contribution in [0.3, 0.4) is 0 Å². The molecule has 1 heterocycles. The molecule has 0 saturated carbocycles. The van der Waals surface area contributed by atoms with Crippen LogP contribution in [-0.4, -0.2) is 30.0 Å². The number of unbranched alkanes of at least 4 members (excludes halogenated alkanes) is 1. The normalized spacial score (nSPS) is 10.5. The Balaban J connectivity index is 1.95. The second kappa shape index (κ2) is 7.75. The van der Waals surface area contributed by atoms with E-state index in [-0.39, 0.29) is 12.5 Å². The van der Waals surface area contributed by atoms with Gasteiger partial charge in [-0.05, 0) is 36.8 Å². The Hall–Kier alpha value is -2.14. The van der Waals surface area contributed by atoms with Crippen LogP contribution in [0, 0.1) is 0 Å². The van der Waals surface area contributed by atoms with Gasteiger partial charge in [-0.25, -0.2) is 9.78 Å². The number of amides is 1. The Kier molecular flexibility index (Phi) is 5.72. The van der Waals surface area contributed by atoms with E-state index in [1.807, 2.05) is 6.92 Å². The molecule has 0 saturated heterocycles. The molecule has 1 amide bonds. The number of carbonyl (C=O) groups excluding carboxylic acids is 2. The molecule has 0 aliphatic carbocycles. The predicted octanol–water partition coefficient (Wildman–Crippen LogP) is 2.96. The Labute approximate surface area is 133 Å². The molecule has 116 valence electrons. The zero-order chi connectivity index (χ0) is 15.9. The summed E-state index contributed by atoms with van der Waals surface area (Å²) in [6, 6.07) is 8.39. The highest BCUT2D eigenvalue weighted by Crippen LogP contribution is 2.17. The average Bonchev–Trinajstić information content (AvgIpc) is 2.52. The maximum Gasteiger partial charge on any atom is 0.338 e. The third-order valence-electron chi connectivity index (χ3n) is 3.08. The summed E-state index contributed by atoms with van der Waals surface area (Å²) in [6.07, 6.45) is 1.90. The van der Waals surface area contributed by atoms with Gasteiger partial charge in [0, 0.05) is 11.9 Å². The summed E-state index contributed by atoms with van der Waals surface area (Å²) in [7, 11) is 0. The summed E-state index contributed by atoms with van der Waals surface area (Å²) >= 11 is 5.81. The lowest BCUT2D eigenvalue weighted by Crippen LogP contribution is -2.29. The summed E-state index contributed by atoms with van der Waals surface area (Å²) in [6.45, 7) is 2.35. The van der Waals surface area contributed by atoms with E-state index in [0.29, 0.717) is 22.8 Å². The number of esters is 1. The van der Waals surface area contributed by atoms with Crippen molar-refractivity contribution in [2.24, 2.45) is 0 Å². The average molecular weight is 321 g/mol. The first-order valence-electron chi connectivity index (χ1n) is 7.10. The van der Waals surface area contributed by atoms with Crippen molar-refractivity contribution < 1.29 is 14.3 Å². The minimum atomic E-state index is -0.539. The van der Waals surface area contributed by atoms with Gasteiger partial charge in [0.25, 0.3) is 5.91 Å². The number of nitrogens with zero attached hydrogens (tertiary/aromatic N) is 1. The van der Waals surface area contributed by atoms with Gasteiger partial charge >= 0.3 is 5.97 Å². The topological polar surface area (TPSA) is 68.3 Å². The molecular formula is C16H17ClN2O3. The van der Waals surface area contributed by atoms with Crippen molar-refractivity contribution in [3.63, 3.8) is 0 Å². The van der Waals surface area contributed by atoms with Gasteiger partial charge in [0.2, 0.25) is 0 Å². The molecule has 1 aromatic carbocycles. The van der Waals surface area contributed by atoms with E-state index >= 15 is 0 Å². The zero-order valence-corrected chi connectivity index (χ0v) is 13.0. The molecule has 0 spiro atoms. The van der Waals surface area contributed by atoms with Gasteiger partial charge in [0.15, 0.2) is 6.61 Å². The molecule has 1 aromatic heterocycles. The van der Waals surface area contributed by atoms with E-state index in [2.05, 4.69) is 10.3 Å². The van der Waals surface area contributed by atoms with Gasteiger partial charge < -0.3 is 10.1 Å². The number of hydrogen-bond donors (Lipinski definition) is 1. The molecule has 2 rings (SSSR count). The van der Waals surface area contributed by atoms with Crippen molar-refractivity contribution in [1.29, 1.82) is 0 Å². The van der Waals surface area contributed by atoms with E-state index in [4.69, 9.17) is 16.3 Å². The molecule has 0 bridgehead atoms. The molecule has 0 fully saturated rings. The molecule has 0 aliphatic rings. The van der Waals surface area contributed by atoms with Crippen LogP contribution in [0.1, 0.15) is 30.1 Å². The van der Waals surface area contributed by atoms with Crippen LogP contribution in [0.4, 0.5) is 0 Å². The van der Waals surface area contributed by atoms with Crippen molar-refractivity contribution >= 4 is 34.4 Å². The van der Waals surface area contributed by atoms with E-state index in [1.165, 1.54) is 0 Å². The quantitative estimate of drug-likeness (QED) is 0.505. The largest absolute Gasteiger partial charge is 0.452 e. The highest BCUT2D eigenvalue weighted by atomic mass is 35.5. The number of pyridine rings is 1. The van der Waals surface area contributed by atoms with Gasteiger partial charge in [-0.3, -0.25) is 4.79 Å². The molecule has 2 aromatic rings. The maximum absolute atomic E-state index is 11.9. The number of halogens is 1. The molecule has 0 radical (unpaired) electrons. The van der Waals surface area contributed by atoms with Gasteiger partial charge in [-0.15, -0.1) is 0 Å². The fourth-order valence-corrected chi connectivity index (χ4v) is 2.05. The SMILES string of the molecule is CCCCNC(=O)COC(=O)c1ccc2nc(Cl)ccc2c1. The molecule has 5 nitrogen and oxygen atoms in total. The first-order chi connectivity index (χ1) is 10.6. The summed E-state index contributed by atoms with van der Waals surface area (Å²) in [5.74, 6) is -0.835. The van der Waals surface area contributed by atoms with E-state index in [9.17, 15) is 9.59 Å². The van der Waals surface area contributed by atoms with Crippen LogP contribution in [-0.2, 0) is 9.53 Å². The van der Waals surface area contributed by atoms with Crippen LogP contribution >= 0.6 is 11.6 Å². The third kappa shape index (κ3) is 4.43. The second-order valence-electron chi connectivity index (χ2n) is 4.82. The Morgan fingerprint density at radius 3 is 2.86 bits per heavy atom. The zero-order valence-electron chi connectivity index (χ0n) is 12.3. The van der Waals surface area contributed by atoms with Crippen LogP contribution in [0.2, 0.25) is 5.15 Å². The maximum atomic E-state index is 11.9. The monoisotopic (exact) mass is 320 g/mol. The summed E-state index contributed by atoms with van der Waals surface area (Å²) in [4.78, 5) is 27.6. The minimum Gasteiger partial charge on any atom is -0.452 e.